The Bertz CT molecular complexity index is 718. The molecule has 0 amide bonds. The number of aromatic nitrogens is 3. The average molecular weight is 285 g/mol. The summed E-state index contributed by atoms with van der Waals surface area (Å²) in [6.07, 6.45) is 2.98. The topological polar surface area (TPSA) is 107 Å². The van der Waals surface area contributed by atoms with Crippen LogP contribution < -0.4 is 16.0 Å². The first-order valence-corrected chi connectivity index (χ1v) is 6.39. The number of rotatable bonds is 5. The Kier molecular flexibility index (Phi) is 4.64. The van der Waals surface area contributed by atoms with Crippen LogP contribution in [-0.4, -0.2) is 27.4 Å². The summed E-state index contributed by atoms with van der Waals surface area (Å²) >= 11 is 0. The molecule has 2 N–H and O–H groups in total. The molecule has 1 atom stereocenters. The molecule has 0 bridgehead atoms. The third-order valence-corrected chi connectivity index (χ3v) is 2.67. The third kappa shape index (κ3) is 3.87. The summed E-state index contributed by atoms with van der Waals surface area (Å²) in [6.45, 7) is 2.30. The zero-order chi connectivity index (χ0) is 15.2. The van der Waals surface area contributed by atoms with E-state index < -0.39 is 0 Å². The van der Waals surface area contributed by atoms with E-state index in [2.05, 4.69) is 10.1 Å². The molecule has 0 saturated heterocycles. The standard InChI is InChI=1S/C14H15N5O2/c1-10(16)9-21-12-5-14(20)19(18-7-12)8-11-3-2-4-17-13(11)6-15/h2-5,7,10H,8-9,16H2,1H3. The van der Waals surface area contributed by atoms with Gasteiger partial charge in [0.2, 0.25) is 0 Å². The molecule has 21 heavy (non-hydrogen) atoms. The second-order valence-corrected chi connectivity index (χ2v) is 4.60. The fourth-order valence-corrected chi connectivity index (χ4v) is 1.67. The Balaban J connectivity index is 2.18. The van der Waals surface area contributed by atoms with Gasteiger partial charge in [-0.25, -0.2) is 9.67 Å². The molecule has 0 aliphatic heterocycles. The Morgan fingerprint density at radius 2 is 2.38 bits per heavy atom. The Morgan fingerprint density at radius 1 is 1.57 bits per heavy atom. The van der Waals surface area contributed by atoms with Crippen molar-refractivity contribution in [2.45, 2.75) is 19.5 Å². The third-order valence-electron chi connectivity index (χ3n) is 2.67. The fourth-order valence-electron chi connectivity index (χ4n) is 1.67. The van der Waals surface area contributed by atoms with Crippen molar-refractivity contribution in [2.75, 3.05) is 6.61 Å². The lowest BCUT2D eigenvalue weighted by Gasteiger charge is -2.09. The van der Waals surface area contributed by atoms with Gasteiger partial charge in [-0.15, -0.1) is 0 Å². The van der Waals surface area contributed by atoms with Gasteiger partial charge in [0.1, 0.15) is 24.1 Å². The SMILES string of the molecule is CC(N)COc1cnn(Cc2cccnc2C#N)c(=O)c1. The highest BCUT2D eigenvalue weighted by Crippen LogP contribution is 2.07. The number of nitriles is 1. The zero-order valence-corrected chi connectivity index (χ0v) is 11.6. The van der Waals surface area contributed by atoms with E-state index >= 15 is 0 Å². The number of hydrogen-bond donors (Lipinski definition) is 1. The van der Waals surface area contributed by atoms with Crippen LogP contribution in [0.25, 0.3) is 0 Å². The van der Waals surface area contributed by atoms with Crippen LogP contribution in [-0.2, 0) is 6.54 Å². The second-order valence-electron chi connectivity index (χ2n) is 4.60. The second kappa shape index (κ2) is 6.63. The van der Waals surface area contributed by atoms with E-state index in [9.17, 15) is 4.79 Å². The molecule has 0 aromatic carbocycles. The van der Waals surface area contributed by atoms with Crippen molar-refractivity contribution in [2.24, 2.45) is 5.73 Å². The number of pyridine rings is 1. The lowest BCUT2D eigenvalue weighted by atomic mass is 10.2. The molecule has 2 rings (SSSR count). The van der Waals surface area contributed by atoms with E-state index in [0.29, 0.717) is 17.9 Å². The number of hydrogen-bond acceptors (Lipinski definition) is 6. The van der Waals surface area contributed by atoms with Gasteiger partial charge in [-0.3, -0.25) is 4.79 Å². The smallest absolute Gasteiger partial charge is 0.270 e. The summed E-state index contributed by atoms with van der Waals surface area (Å²) in [5.41, 5.74) is 6.18. The normalized spacial score (nSPS) is 11.7. The molecular formula is C14H15N5O2. The van der Waals surface area contributed by atoms with E-state index in [-0.39, 0.29) is 23.8 Å². The lowest BCUT2D eigenvalue weighted by molar-refractivity contribution is 0.293. The molecule has 108 valence electrons. The van der Waals surface area contributed by atoms with Gasteiger partial charge >= 0.3 is 0 Å². The van der Waals surface area contributed by atoms with Gasteiger partial charge < -0.3 is 10.5 Å². The van der Waals surface area contributed by atoms with Crippen molar-refractivity contribution in [3.63, 3.8) is 0 Å². The molecule has 0 radical (unpaired) electrons. The van der Waals surface area contributed by atoms with Crippen LogP contribution >= 0.6 is 0 Å². The molecule has 0 spiro atoms. The highest BCUT2D eigenvalue weighted by atomic mass is 16.5. The van der Waals surface area contributed by atoms with Crippen molar-refractivity contribution in [3.05, 3.63) is 52.2 Å². The first-order chi connectivity index (χ1) is 10.1. The average Bonchev–Trinajstić information content (AvgIpc) is 2.48. The molecule has 7 nitrogen and oxygen atoms in total. The Labute approximate surface area is 121 Å². The highest BCUT2D eigenvalue weighted by molar-refractivity contribution is 5.30. The van der Waals surface area contributed by atoms with E-state index in [4.69, 9.17) is 15.7 Å². The van der Waals surface area contributed by atoms with Gasteiger partial charge in [0.15, 0.2) is 0 Å². The lowest BCUT2D eigenvalue weighted by Crippen LogP contribution is -2.26. The van der Waals surface area contributed by atoms with Crippen LogP contribution in [0.5, 0.6) is 5.75 Å². The van der Waals surface area contributed by atoms with Crippen LogP contribution in [0.2, 0.25) is 0 Å². The monoisotopic (exact) mass is 285 g/mol. The molecular weight excluding hydrogens is 270 g/mol. The summed E-state index contributed by atoms with van der Waals surface area (Å²) in [5, 5.41) is 13.0. The maximum absolute atomic E-state index is 12.0. The summed E-state index contributed by atoms with van der Waals surface area (Å²) in [5.74, 6) is 0.375. The zero-order valence-electron chi connectivity index (χ0n) is 11.6. The largest absolute Gasteiger partial charge is 0.490 e. The summed E-state index contributed by atoms with van der Waals surface area (Å²) in [4.78, 5) is 15.9. The van der Waals surface area contributed by atoms with E-state index in [1.54, 1.807) is 19.1 Å². The molecule has 2 heterocycles. The number of nitrogens with two attached hydrogens (primary N) is 1. The van der Waals surface area contributed by atoms with Crippen molar-refractivity contribution in [1.82, 2.24) is 14.8 Å². The summed E-state index contributed by atoms with van der Waals surface area (Å²) < 4.78 is 6.58. The molecule has 0 saturated carbocycles. The van der Waals surface area contributed by atoms with Gasteiger partial charge in [0.05, 0.1) is 12.7 Å². The van der Waals surface area contributed by atoms with Crippen LogP contribution in [0.1, 0.15) is 18.2 Å². The van der Waals surface area contributed by atoms with Gasteiger partial charge in [-0.05, 0) is 13.0 Å². The minimum atomic E-state index is -0.315. The van der Waals surface area contributed by atoms with Crippen molar-refractivity contribution < 1.29 is 4.74 Å². The predicted molar refractivity (Wildman–Crippen MR) is 75.7 cm³/mol. The summed E-state index contributed by atoms with van der Waals surface area (Å²) in [7, 11) is 0. The van der Waals surface area contributed by atoms with Crippen LogP contribution in [0.3, 0.4) is 0 Å². The minimum Gasteiger partial charge on any atom is -0.490 e. The van der Waals surface area contributed by atoms with Crippen molar-refractivity contribution in [1.29, 1.82) is 5.26 Å². The van der Waals surface area contributed by atoms with Gasteiger partial charge in [0.25, 0.3) is 5.56 Å². The molecule has 0 fully saturated rings. The van der Waals surface area contributed by atoms with Crippen molar-refractivity contribution >= 4 is 0 Å². The molecule has 0 aliphatic carbocycles. The fraction of sp³-hybridized carbons (Fsp3) is 0.286. The first-order valence-electron chi connectivity index (χ1n) is 6.39. The molecule has 7 heteroatoms. The molecule has 1 unspecified atom stereocenters. The van der Waals surface area contributed by atoms with Gasteiger partial charge in [-0.2, -0.15) is 10.4 Å². The van der Waals surface area contributed by atoms with E-state index in [0.717, 1.165) is 0 Å². The number of nitrogens with zero attached hydrogens (tertiary/aromatic N) is 4. The van der Waals surface area contributed by atoms with Crippen molar-refractivity contribution in [3.8, 4) is 11.8 Å². The number of ether oxygens (including phenoxy) is 1. The molecule has 2 aromatic heterocycles. The van der Waals surface area contributed by atoms with Crippen LogP contribution in [0.15, 0.2) is 35.4 Å². The Hall–Kier alpha value is -2.72. The Morgan fingerprint density at radius 3 is 3.05 bits per heavy atom. The molecule has 2 aromatic rings. The van der Waals surface area contributed by atoms with Crippen LogP contribution in [0, 0.1) is 11.3 Å². The van der Waals surface area contributed by atoms with Gasteiger partial charge in [0, 0.05) is 23.9 Å². The maximum atomic E-state index is 12.0. The van der Waals surface area contributed by atoms with E-state index in [1.807, 2.05) is 6.07 Å². The highest BCUT2D eigenvalue weighted by Gasteiger charge is 2.07. The quantitative estimate of drug-likeness (QED) is 0.845. The van der Waals surface area contributed by atoms with Gasteiger partial charge in [-0.1, -0.05) is 6.07 Å². The first kappa shape index (κ1) is 14.7. The predicted octanol–water partition coefficient (Wildman–Crippen LogP) is 0.284. The van der Waals surface area contributed by atoms with Crippen LogP contribution in [0.4, 0.5) is 0 Å². The molecule has 0 aliphatic rings. The minimum absolute atomic E-state index is 0.124. The van der Waals surface area contributed by atoms with E-state index in [1.165, 1.54) is 23.1 Å². The maximum Gasteiger partial charge on any atom is 0.270 e. The summed E-state index contributed by atoms with van der Waals surface area (Å²) in [6, 6.07) is 6.65.